The van der Waals surface area contributed by atoms with Gasteiger partial charge in [-0.1, -0.05) is 68.3 Å². The molecule has 5 nitrogen and oxygen atoms in total. The van der Waals surface area contributed by atoms with Crippen LogP contribution in [-0.4, -0.2) is 31.3 Å². The van der Waals surface area contributed by atoms with E-state index in [1.807, 2.05) is 51.4 Å². The van der Waals surface area contributed by atoms with Crippen molar-refractivity contribution >= 4 is 17.3 Å². The number of nitrogens with zero attached hydrogens (tertiary/aromatic N) is 2. The van der Waals surface area contributed by atoms with Crippen LogP contribution in [0, 0.1) is 5.92 Å². The molecule has 0 fully saturated rings. The Hall–Kier alpha value is -3.02. The standard InChI is InChI=1S/C30H44ClN5/c1-9-22(5)11-16-26(20-32)35-23(6)28(10-2)29(33)30(24-12-14-25(31)15-13-24)36(8)27(17-18-34-7)19-21(3)4/h10-17,19-20,22,30,34H,2,9,18,32-33H2,1,3-8H3/b16-11-,26-20+,27-17+,29-28?,35-23?. The first-order valence-electron chi connectivity index (χ1n) is 12.3. The molecule has 0 aromatic heterocycles. The zero-order valence-electron chi connectivity index (χ0n) is 23.0. The smallest absolute Gasteiger partial charge is 0.0942 e. The van der Waals surface area contributed by atoms with Gasteiger partial charge in [-0.05, 0) is 69.7 Å². The largest absolute Gasteiger partial charge is 0.403 e. The Labute approximate surface area is 223 Å². The highest BCUT2D eigenvalue weighted by Crippen LogP contribution is 2.32. The first-order chi connectivity index (χ1) is 17.1. The summed E-state index contributed by atoms with van der Waals surface area (Å²) in [5.74, 6) is 0.441. The first kappa shape index (κ1) is 31.0. The number of aliphatic imine (C=N–C) groups is 1. The van der Waals surface area contributed by atoms with Crippen molar-refractivity contribution in [3.8, 4) is 0 Å². The molecule has 0 radical (unpaired) electrons. The van der Waals surface area contributed by atoms with Gasteiger partial charge in [-0.25, -0.2) is 0 Å². The van der Waals surface area contributed by atoms with Crippen molar-refractivity contribution in [1.29, 1.82) is 0 Å². The predicted octanol–water partition coefficient (Wildman–Crippen LogP) is 6.64. The number of allylic oxidation sites excluding steroid dienone is 6. The number of hydrogen-bond acceptors (Lipinski definition) is 5. The average Bonchev–Trinajstić information content (AvgIpc) is 2.85. The highest BCUT2D eigenvalue weighted by atomic mass is 35.5. The van der Waals surface area contributed by atoms with Gasteiger partial charge in [0.1, 0.15) is 0 Å². The van der Waals surface area contributed by atoms with E-state index < -0.39 is 0 Å². The average molecular weight is 510 g/mol. The van der Waals surface area contributed by atoms with E-state index in [2.05, 4.69) is 62.7 Å². The Morgan fingerprint density at radius 1 is 1.22 bits per heavy atom. The van der Waals surface area contributed by atoms with Crippen LogP contribution in [0.5, 0.6) is 0 Å². The van der Waals surface area contributed by atoms with E-state index in [-0.39, 0.29) is 6.04 Å². The van der Waals surface area contributed by atoms with E-state index in [1.165, 1.54) is 11.8 Å². The summed E-state index contributed by atoms with van der Waals surface area (Å²) >= 11 is 6.21. The summed E-state index contributed by atoms with van der Waals surface area (Å²) in [6.45, 7) is 15.2. The highest BCUT2D eigenvalue weighted by Gasteiger charge is 2.24. The monoisotopic (exact) mass is 509 g/mol. The molecule has 0 amide bonds. The molecular weight excluding hydrogens is 466 g/mol. The molecular formula is C30H44ClN5. The fourth-order valence-electron chi connectivity index (χ4n) is 3.62. The zero-order chi connectivity index (χ0) is 27.3. The number of likely N-dealkylation sites (N-methyl/N-ethyl adjacent to an activating group) is 2. The van der Waals surface area contributed by atoms with Crippen LogP contribution in [0.15, 0.2) is 101 Å². The van der Waals surface area contributed by atoms with Gasteiger partial charge in [0.25, 0.3) is 0 Å². The topological polar surface area (TPSA) is 79.7 Å². The molecule has 36 heavy (non-hydrogen) atoms. The van der Waals surface area contributed by atoms with Crippen LogP contribution in [0.4, 0.5) is 0 Å². The van der Waals surface area contributed by atoms with E-state index in [0.29, 0.717) is 22.3 Å². The molecule has 0 aliphatic carbocycles. The van der Waals surface area contributed by atoms with Gasteiger partial charge < -0.3 is 21.7 Å². The van der Waals surface area contributed by atoms with E-state index in [4.69, 9.17) is 28.1 Å². The Kier molecular flexibility index (Phi) is 13.7. The van der Waals surface area contributed by atoms with Crippen LogP contribution in [0.2, 0.25) is 5.02 Å². The van der Waals surface area contributed by atoms with E-state index in [1.54, 1.807) is 6.08 Å². The summed E-state index contributed by atoms with van der Waals surface area (Å²) in [6.07, 6.45) is 12.7. The minimum atomic E-state index is -0.278. The quantitative estimate of drug-likeness (QED) is 0.205. The Balaban J connectivity index is 3.71. The minimum absolute atomic E-state index is 0.278. The van der Waals surface area contributed by atoms with Crippen LogP contribution in [0.3, 0.4) is 0 Å². The fourth-order valence-corrected chi connectivity index (χ4v) is 3.74. The molecule has 6 heteroatoms. The molecule has 0 saturated carbocycles. The van der Waals surface area contributed by atoms with Crippen LogP contribution < -0.4 is 16.8 Å². The molecule has 2 unspecified atom stereocenters. The molecule has 0 aliphatic rings. The lowest BCUT2D eigenvalue weighted by atomic mass is 9.96. The molecule has 1 aromatic rings. The second-order valence-corrected chi connectivity index (χ2v) is 9.52. The fraction of sp³-hybridized carbons (Fsp3) is 0.367. The third-order valence-electron chi connectivity index (χ3n) is 5.84. The van der Waals surface area contributed by atoms with Crippen LogP contribution in [0.25, 0.3) is 0 Å². The number of hydrogen-bond donors (Lipinski definition) is 3. The third-order valence-corrected chi connectivity index (χ3v) is 6.09. The van der Waals surface area contributed by atoms with Gasteiger partial charge in [0.05, 0.1) is 11.7 Å². The normalized spacial score (nSPS) is 15.4. The second-order valence-electron chi connectivity index (χ2n) is 9.08. The summed E-state index contributed by atoms with van der Waals surface area (Å²) < 4.78 is 0. The summed E-state index contributed by atoms with van der Waals surface area (Å²) in [4.78, 5) is 6.94. The maximum Gasteiger partial charge on any atom is 0.0942 e. The summed E-state index contributed by atoms with van der Waals surface area (Å²) in [7, 11) is 3.97. The number of benzene rings is 1. The highest BCUT2D eigenvalue weighted by molar-refractivity contribution is 6.30. The lowest BCUT2D eigenvalue weighted by molar-refractivity contribution is 0.352. The zero-order valence-corrected chi connectivity index (χ0v) is 23.7. The molecule has 0 heterocycles. The van der Waals surface area contributed by atoms with E-state index in [9.17, 15) is 0 Å². The Morgan fingerprint density at radius 2 is 1.86 bits per heavy atom. The van der Waals surface area contributed by atoms with Crippen LogP contribution in [-0.2, 0) is 0 Å². The molecule has 2 atom stereocenters. The van der Waals surface area contributed by atoms with Crippen molar-refractivity contribution in [2.75, 3.05) is 20.6 Å². The Bertz CT molecular complexity index is 1040. The second kappa shape index (κ2) is 15.9. The first-order valence-corrected chi connectivity index (χ1v) is 12.7. The van der Waals surface area contributed by atoms with Crippen LogP contribution >= 0.6 is 11.6 Å². The van der Waals surface area contributed by atoms with Crippen molar-refractivity contribution in [2.24, 2.45) is 22.4 Å². The van der Waals surface area contributed by atoms with E-state index >= 15 is 0 Å². The van der Waals surface area contributed by atoms with Gasteiger partial charge in [-0.15, -0.1) is 0 Å². The maximum atomic E-state index is 6.92. The van der Waals surface area contributed by atoms with E-state index in [0.717, 1.165) is 35.5 Å². The lowest BCUT2D eigenvalue weighted by Gasteiger charge is -2.33. The predicted molar refractivity (Wildman–Crippen MR) is 159 cm³/mol. The van der Waals surface area contributed by atoms with Crippen molar-refractivity contribution in [3.63, 3.8) is 0 Å². The molecule has 0 aliphatic heterocycles. The van der Waals surface area contributed by atoms with Gasteiger partial charge in [-0.3, -0.25) is 4.99 Å². The molecule has 0 spiro atoms. The minimum Gasteiger partial charge on any atom is -0.403 e. The summed E-state index contributed by atoms with van der Waals surface area (Å²) in [5.41, 5.74) is 18.9. The van der Waals surface area contributed by atoms with Crippen molar-refractivity contribution < 1.29 is 0 Å². The third kappa shape index (κ3) is 9.56. The summed E-state index contributed by atoms with van der Waals surface area (Å²) in [5, 5.41) is 3.86. The van der Waals surface area contributed by atoms with Crippen LogP contribution in [0.1, 0.15) is 52.6 Å². The molecule has 1 rings (SSSR count). The van der Waals surface area contributed by atoms with Gasteiger partial charge >= 0.3 is 0 Å². The lowest BCUT2D eigenvalue weighted by Crippen LogP contribution is -2.30. The Morgan fingerprint density at radius 3 is 2.36 bits per heavy atom. The number of nitrogens with two attached hydrogens (primary N) is 2. The van der Waals surface area contributed by atoms with Crippen molar-refractivity contribution in [1.82, 2.24) is 10.2 Å². The van der Waals surface area contributed by atoms with Gasteiger partial charge in [0.2, 0.25) is 0 Å². The SMILES string of the molecule is C=CC(C(C)=NC(/C=C\C(C)CC)=C/N)=C(N)C(c1ccc(Cl)cc1)N(C)/C(C=C(C)C)=C/CNC. The van der Waals surface area contributed by atoms with Gasteiger partial charge in [0, 0.05) is 47.5 Å². The molecule has 1 aromatic carbocycles. The number of halogens is 1. The number of nitrogens with one attached hydrogen (secondary N) is 1. The van der Waals surface area contributed by atoms with Gasteiger partial charge in [0.15, 0.2) is 0 Å². The molecule has 196 valence electrons. The summed E-state index contributed by atoms with van der Waals surface area (Å²) in [6, 6.07) is 7.49. The molecule has 0 saturated heterocycles. The van der Waals surface area contributed by atoms with Crippen molar-refractivity contribution in [2.45, 2.75) is 47.1 Å². The molecule has 5 N–H and O–H groups in total. The van der Waals surface area contributed by atoms with Crippen molar-refractivity contribution in [3.05, 3.63) is 106 Å². The van der Waals surface area contributed by atoms with Gasteiger partial charge in [-0.2, -0.15) is 0 Å². The number of rotatable bonds is 13. The molecule has 0 bridgehead atoms. The maximum absolute atomic E-state index is 6.92.